The molecule has 0 saturated heterocycles. The number of nitro benzene ring substituents is 1. The summed E-state index contributed by atoms with van der Waals surface area (Å²) >= 11 is 0. The van der Waals surface area contributed by atoms with Gasteiger partial charge in [-0.05, 0) is 25.3 Å². The topological polar surface area (TPSA) is 110 Å². The van der Waals surface area contributed by atoms with E-state index in [4.69, 9.17) is 0 Å². The van der Waals surface area contributed by atoms with Gasteiger partial charge in [-0.3, -0.25) is 19.7 Å². The Morgan fingerprint density at radius 3 is 2.61 bits per heavy atom. The molecule has 0 spiro atoms. The van der Waals surface area contributed by atoms with E-state index in [1.807, 2.05) is 0 Å². The van der Waals surface area contributed by atoms with Gasteiger partial charge in [0.1, 0.15) is 0 Å². The molecule has 0 heterocycles. The van der Waals surface area contributed by atoms with Gasteiger partial charge in [0.25, 0.3) is 11.6 Å². The monoisotopic (exact) mass is 320 g/mol. The number of carbonyl (C=O) groups excluding carboxylic acids is 1. The second-order valence-corrected chi connectivity index (χ2v) is 5.92. The molecule has 1 amide bonds. The van der Waals surface area contributed by atoms with E-state index in [1.165, 1.54) is 18.2 Å². The van der Waals surface area contributed by atoms with Gasteiger partial charge in [-0.1, -0.05) is 25.3 Å². The molecule has 23 heavy (non-hydrogen) atoms. The maximum Gasteiger partial charge on any atom is 0.308 e. The van der Waals surface area contributed by atoms with E-state index < -0.39 is 28.8 Å². The Morgan fingerprint density at radius 2 is 1.96 bits per heavy atom. The average Bonchev–Trinajstić information content (AvgIpc) is 2.72. The first-order valence-electron chi connectivity index (χ1n) is 7.69. The molecule has 1 aliphatic rings. The average molecular weight is 320 g/mol. The Balaban J connectivity index is 2.21. The van der Waals surface area contributed by atoms with Gasteiger partial charge < -0.3 is 10.4 Å². The number of rotatable bonds is 4. The van der Waals surface area contributed by atoms with Gasteiger partial charge in [0.15, 0.2) is 0 Å². The molecule has 124 valence electrons. The van der Waals surface area contributed by atoms with Crippen molar-refractivity contribution in [2.45, 2.75) is 45.1 Å². The van der Waals surface area contributed by atoms with Gasteiger partial charge in [-0.25, -0.2) is 0 Å². The van der Waals surface area contributed by atoms with Crippen molar-refractivity contribution in [2.75, 3.05) is 0 Å². The quantitative estimate of drug-likeness (QED) is 0.503. The predicted octanol–water partition coefficient (Wildman–Crippen LogP) is 2.67. The SMILES string of the molecule is Cc1ccc([N+](=O)[O-])cc1C(=O)N[C@H]1CCCCC[C@H]1C(=O)O. The van der Waals surface area contributed by atoms with E-state index in [-0.39, 0.29) is 11.3 Å². The van der Waals surface area contributed by atoms with Gasteiger partial charge in [0, 0.05) is 23.7 Å². The zero-order valence-electron chi connectivity index (χ0n) is 12.9. The van der Waals surface area contributed by atoms with Crippen LogP contribution in [0.3, 0.4) is 0 Å². The summed E-state index contributed by atoms with van der Waals surface area (Å²) in [5, 5.41) is 23.0. The van der Waals surface area contributed by atoms with Crippen LogP contribution in [-0.2, 0) is 4.79 Å². The molecule has 7 heteroatoms. The molecule has 0 aliphatic heterocycles. The lowest BCUT2D eigenvalue weighted by Crippen LogP contribution is -2.43. The van der Waals surface area contributed by atoms with Crippen molar-refractivity contribution >= 4 is 17.6 Å². The van der Waals surface area contributed by atoms with Gasteiger partial charge >= 0.3 is 5.97 Å². The van der Waals surface area contributed by atoms with Crippen LogP contribution in [0.15, 0.2) is 18.2 Å². The molecule has 1 aliphatic carbocycles. The Kier molecular flexibility index (Phi) is 5.31. The number of nitrogens with zero attached hydrogens (tertiary/aromatic N) is 1. The van der Waals surface area contributed by atoms with Crippen molar-refractivity contribution in [3.05, 3.63) is 39.4 Å². The van der Waals surface area contributed by atoms with Crippen LogP contribution in [-0.4, -0.2) is 27.9 Å². The number of aryl methyl sites for hydroxylation is 1. The van der Waals surface area contributed by atoms with Crippen molar-refractivity contribution in [1.29, 1.82) is 0 Å². The standard InChI is InChI=1S/C16H20N2O5/c1-10-7-8-11(18(22)23)9-13(10)15(19)17-14-6-4-2-3-5-12(14)16(20)21/h7-9,12,14H,2-6H2,1H3,(H,17,19)(H,20,21)/t12-,14+/m1/s1. The fourth-order valence-electron chi connectivity index (χ4n) is 2.99. The Bertz CT molecular complexity index is 629. The zero-order valence-corrected chi connectivity index (χ0v) is 12.9. The molecule has 1 saturated carbocycles. The summed E-state index contributed by atoms with van der Waals surface area (Å²) in [7, 11) is 0. The second-order valence-electron chi connectivity index (χ2n) is 5.92. The second kappa shape index (κ2) is 7.21. The molecule has 2 rings (SSSR count). The highest BCUT2D eigenvalue weighted by Gasteiger charge is 2.31. The fourth-order valence-corrected chi connectivity index (χ4v) is 2.99. The zero-order chi connectivity index (χ0) is 17.0. The minimum atomic E-state index is -0.909. The van der Waals surface area contributed by atoms with Crippen LogP contribution in [0.2, 0.25) is 0 Å². The van der Waals surface area contributed by atoms with Gasteiger partial charge in [0.2, 0.25) is 0 Å². The van der Waals surface area contributed by atoms with Gasteiger partial charge in [0.05, 0.1) is 10.8 Å². The van der Waals surface area contributed by atoms with Crippen LogP contribution >= 0.6 is 0 Å². The summed E-state index contributed by atoms with van der Waals surface area (Å²) in [6.07, 6.45) is 3.79. The number of hydrogen-bond donors (Lipinski definition) is 2. The number of carboxylic acid groups (broad SMARTS) is 1. The molecule has 0 aromatic heterocycles. The first-order valence-corrected chi connectivity index (χ1v) is 7.69. The fraction of sp³-hybridized carbons (Fsp3) is 0.500. The number of benzene rings is 1. The summed E-state index contributed by atoms with van der Waals surface area (Å²) in [4.78, 5) is 34.2. The van der Waals surface area contributed by atoms with E-state index >= 15 is 0 Å². The molecule has 2 atom stereocenters. The number of aliphatic carboxylic acids is 1. The lowest BCUT2D eigenvalue weighted by Gasteiger charge is -2.23. The summed E-state index contributed by atoms with van der Waals surface area (Å²) in [5.41, 5.74) is 0.678. The summed E-state index contributed by atoms with van der Waals surface area (Å²) in [6.45, 7) is 1.69. The largest absolute Gasteiger partial charge is 0.481 e. The number of non-ortho nitro benzene ring substituents is 1. The predicted molar refractivity (Wildman–Crippen MR) is 83.3 cm³/mol. The Hall–Kier alpha value is -2.44. The number of hydrogen-bond acceptors (Lipinski definition) is 4. The summed E-state index contributed by atoms with van der Waals surface area (Å²) in [6, 6.07) is 3.66. The van der Waals surface area contributed by atoms with Crippen LogP contribution in [0.5, 0.6) is 0 Å². The van der Waals surface area contributed by atoms with Crippen molar-refractivity contribution in [3.63, 3.8) is 0 Å². The number of nitro groups is 1. The summed E-state index contributed by atoms with van der Waals surface area (Å²) in [5.74, 6) is -1.97. The maximum atomic E-state index is 12.5. The molecule has 0 radical (unpaired) electrons. The molecule has 1 fully saturated rings. The molecule has 0 unspecified atom stereocenters. The first-order chi connectivity index (χ1) is 10.9. The Labute approximate surface area is 133 Å². The van der Waals surface area contributed by atoms with Crippen LogP contribution in [0.4, 0.5) is 5.69 Å². The third-order valence-corrected chi connectivity index (χ3v) is 4.33. The minimum Gasteiger partial charge on any atom is -0.481 e. The normalized spacial score (nSPS) is 21.3. The van der Waals surface area contributed by atoms with Gasteiger partial charge in [-0.15, -0.1) is 0 Å². The molecule has 1 aromatic rings. The number of amides is 1. The highest BCUT2D eigenvalue weighted by Crippen LogP contribution is 2.25. The minimum absolute atomic E-state index is 0.156. The van der Waals surface area contributed by atoms with Crippen molar-refractivity contribution in [3.8, 4) is 0 Å². The van der Waals surface area contributed by atoms with Gasteiger partial charge in [-0.2, -0.15) is 0 Å². The summed E-state index contributed by atoms with van der Waals surface area (Å²) < 4.78 is 0. The highest BCUT2D eigenvalue weighted by atomic mass is 16.6. The number of nitrogens with one attached hydrogen (secondary N) is 1. The van der Waals surface area contributed by atoms with Crippen LogP contribution in [0.1, 0.15) is 48.0 Å². The first kappa shape index (κ1) is 16.9. The van der Waals surface area contributed by atoms with E-state index in [0.29, 0.717) is 18.4 Å². The third kappa shape index (κ3) is 4.06. The maximum absolute atomic E-state index is 12.5. The third-order valence-electron chi connectivity index (χ3n) is 4.33. The van der Waals surface area contributed by atoms with Crippen LogP contribution < -0.4 is 5.32 Å². The van der Waals surface area contributed by atoms with Crippen molar-refractivity contribution in [1.82, 2.24) is 5.32 Å². The van der Waals surface area contributed by atoms with Crippen molar-refractivity contribution in [2.24, 2.45) is 5.92 Å². The Morgan fingerprint density at radius 1 is 1.26 bits per heavy atom. The molecule has 2 N–H and O–H groups in total. The van der Waals surface area contributed by atoms with Crippen LogP contribution in [0.25, 0.3) is 0 Å². The number of carbonyl (C=O) groups is 2. The molecule has 1 aromatic carbocycles. The molecular formula is C16H20N2O5. The van der Waals surface area contributed by atoms with Crippen molar-refractivity contribution < 1.29 is 19.6 Å². The molecule has 0 bridgehead atoms. The number of carboxylic acids is 1. The highest BCUT2D eigenvalue weighted by molar-refractivity contribution is 5.96. The molecular weight excluding hydrogens is 300 g/mol. The lowest BCUT2D eigenvalue weighted by atomic mass is 9.94. The lowest BCUT2D eigenvalue weighted by molar-refractivity contribution is -0.384. The smallest absolute Gasteiger partial charge is 0.308 e. The van der Waals surface area contributed by atoms with E-state index in [0.717, 1.165) is 19.3 Å². The van der Waals surface area contributed by atoms with Crippen LogP contribution in [0, 0.1) is 23.0 Å². The van der Waals surface area contributed by atoms with E-state index in [2.05, 4.69) is 5.32 Å². The van der Waals surface area contributed by atoms with E-state index in [9.17, 15) is 24.8 Å². The molecule has 7 nitrogen and oxygen atoms in total. The van der Waals surface area contributed by atoms with E-state index in [1.54, 1.807) is 6.92 Å².